The second kappa shape index (κ2) is 29.8. The van der Waals surface area contributed by atoms with E-state index in [1.54, 1.807) is 91.5 Å². The molecule has 418 valence electrons. The smallest absolute Gasteiger partial charge is 0.412 e. The number of rotatable bonds is 23. The summed E-state index contributed by atoms with van der Waals surface area (Å²) in [4.78, 5) is 77.0. The van der Waals surface area contributed by atoms with Crippen LogP contribution in [0.3, 0.4) is 0 Å². The number of nitrogens with one attached hydrogen (secondary N) is 3. The molecule has 0 unspecified atom stereocenters. The molecule has 5 heterocycles. The van der Waals surface area contributed by atoms with Gasteiger partial charge < -0.3 is 50.6 Å². The number of allylic oxidation sites excluding steroid dienone is 3. The lowest BCUT2D eigenvalue weighted by Gasteiger charge is -2.19. The van der Waals surface area contributed by atoms with Crippen molar-refractivity contribution in [1.82, 2.24) is 48.4 Å². The highest BCUT2D eigenvalue weighted by molar-refractivity contribution is 5.99. The Kier molecular flexibility index (Phi) is 23.5. The van der Waals surface area contributed by atoms with E-state index < -0.39 is 23.6 Å². The average molecular weight is 1080 g/mol. The van der Waals surface area contributed by atoms with Crippen molar-refractivity contribution in [2.45, 2.75) is 99.6 Å². The fraction of sp³-hybridized carbons (Fsp3) is 0.377. The Morgan fingerprint density at radius 2 is 1.27 bits per heavy atom. The summed E-state index contributed by atoms with van der Waals surface area (Å²) < 4.78 is 26.2. The van der Waals surface area contributed by atoms with E-state index >= 15 is 0 Å². The zero-order chi connectivity index (χ0) is 57.5. The van der Waals surface area contributed by atoms with Gasteiger partial charge in [-0.25, -0.2) is 14.8 Å². The Bertz CT molecular complexity index is 3150. The number of nitrogens with two attached hydrogens (primary N) is 2. The molecule has 0 aliphatic rings. The van der Waals surface area contributed by atoms with E-state index in [0.717, 1.165) is 37.0 Å². The highest BCUT2D eigenvalue weighted by Gasteiger charge is 2.20. The number of carboxylic acids is 1. The van der Waals surface area contributed by atoms with Gasteiger partial charge in [0.15, 0.2) is 12.6 Å². The van der Waals surface area contributed by atoms with Gasteiger partial charge in [-0.1, -0.05) is 18.2 Å². The maximum Gasteiger partial charge on any atom is 0.412 e. The van der Waals surface area contributed by atoms with Crippen molar-refractivity contribution in [3.05, 3.63) is 107 Å². The third kappa shape index (κ3) is 17.5. The van der Waals surface area contributed by atoms with Crippen molar-refractivity contribution in [3.63, 3.8) is 0 Å². The lowest BCUT2D eigenvalue weighted by atomic mass is 10.1. The monoisotopic (exact) mass is 1080 g/mol. The number of nitrogens with zero attached hydrogens (tertiary/aromatic N) is 10. The number of amides is 2. The van der Waals surface area contributed by atoms with Crippen LogP contribution < -0.4 is 36.9 Å². The molecule has 0 bridgehead atoms. The minimum atomic E-state index is -0.919. The first-order valence-corrected chi connectivity index (χ1v) is 24.9. The van der Waals surface area contributed by atoms with Gasteiger partial charge in [-0.05, 0) is 104 Å². The van der Waals surface area contributed by atoms with Crippen molar-refractivity contribution >= 4 is 76.5 Å². The Balaban J connectivity index is 0.000000492. The summed E-state index contributed by atoms with van der Waals surface area (Å²) >= 11 is 0. The van der Waals surface area contributed by atoms with Crippen molar-refractivity contribution in [2.24, 2.45) is 11.5 Å². The molecule has 7 rings (SSSR count). The third-order valence-corrected chi connectivity index (χ3v) is 10.8. The van der Waals surface area contributed by atoms with Gasteiger partial charge in [0, 0.05) is 64.0 Å². The molecule has 8 N–H and O–H groups in total. The number of carboxylic acid groups (broad SMARTS) is 1. The van der Waals surface area contributed by atoms with Crippen molar-refractivity contribution in [1.29, 1.82) is 0 Å². The molecular formula is C53H71N15O10. The van der Waals surface area contributed by atoms with Crippen LogP contribution in [-0.4, -0.2) is 130 Å². The average Bonchev–Trinajstić information content (AvgIpc) is 4.28. The minimum Gasteiger partial charge on any atom is -0.491 e. The van der Waals surface area contributed by atoms with E-state index in [2.05, 4.69) is 46.9 Å². The number of aromatic nitrogens is 10. The van der Waals surface area contributed by atoms with Gasteiger partial charge in [-0.3, -0.25) is 43.3 Å². The number of primary amides is 1. The molecule has 0 aliphatic heterocycles. The molecule has 0 fully saturated rings. The number of aldehydes is 3. The second-order valence-electron chi connectivity index (χ2n) is 17.8. The van der Waals surface area contributed by atoms with Crippen LogP contribution in [0, 0.1) is 13.8 Å². The van der Waals surface area contributed by atoms with E-state index in [-0.39, 0.29) is 25.2 Å². The van der Waals surface area contributed by atoms with E-state index in [0.29, 0.717) is 100 Å². The predicted molar refractivity (Wildman–Crippen MR) is 297 cm³/mol. The first kappa shape index (κ1) is 61.4. The van der Waals surface area contributed by atoms with Gasteiger partial charge in [-0.15, -0.1) is 0 Å². The number of hydrogen-bond acceptors (Lipinski definition) is 17. The number of aryl methyl sites for hydroxylation is 4. The van der Waals surface area contributed by atoms with Crippen LogP contribution in [0.25, 0.3) is 22.1 Å². The van der Waals surface area contributed by atoms with Gasteiger partial charge in [0.25, 0.3) is 0 Å². The number of carbonyl (C=O) groups is 6. The number of hydrogen-bond donors (Lipinski definition) is 6. The highest BCUT2D eigenvalue weighted by Crippen LogP contribution is 2.33. The molecule has 0 radical (unpaired) electrons. The SMILES string of the molecule is CCn1nc(C)cc1C=O.CCn1nc(C)cc1C=O.CN.CNc1nc2cc(C(N)=O)cc(OC/C=C/Cn3cc(NC(=O)OC(C)(C)C)cn3)c2n1C/C=C/Cn1c(NC)nc2cc(C=O)cc(OCCCC(=O)O)c21. The number of anilines is 3. The summed E-state index contributed by atoms with van der Waals surface area (Å²) in [5.74, 6) is 0.350. The van der Waals surface area contributed by atoms with Crippen molar-refractivity contribution < 1.29 is 48.1 Å². The first-order valence-electron chi connectivity index (χ1n) is 24.9. The molecule has 0 atom stereocenters. The molecule has 7 aromatic rings. The van der Waals surface area contributed by atoms with Crippen molar-refractivity contribution in [3.8, 4) is 11.5 Å². The molecular weight excluding hydrogens is 1010 g/mol. The summed E-state index contributed by atoms with van der Waals surface area (Å²) in [7, 11) is 4.98. The zero-order valence-electron chi connectivity index (χ0n) is 45.8. The number of ether oxygens (including phenoxy) is 3. The first-order chi connectivity index (χ1) is 37.3. The normalized spacial score (nSPS) is 11.0. The van der Waals surface area contributed by atoms with Crippen LogP contribution in [0.4, 0.5) is 22.4 Å². The minimum absolute atomic E-state index is 0.0457. The molecule has 2 amide bonds. The van der Waals surface area contributed by atoms with Crippen LogP contribution in [0.1, 0.15) is 101 Å². The Morgan fingerprint density at radius 1 is 0.731 bits per heavy atom. The summed E-state index contributed by atoms with van der Waals surface area (Å²) in [6, 6.07) is 10.0. The number of fused-ring (bicyclic) bond motifs is 2. The summed E-state index contributed by atoms with van der Waals surface area (Å²) in [5, 5.41) is 30.3. The summed E-state index contributed by atoms with van der Waals surface area (Å²) in [6.45, 7) is 16.0. The third-order valence-electron chi connectivity index (χ3n) is 10.8. The van der Waals surface area contributed by atoms with Gasteiger partial charge in [0.05, 0.1) is 47.5 Å². The van der Waals surface area contributed by atoms with E-state index in [1.165, 1.54) is 13.2 Å². The maximum absolute atomic E-state index is 12.2. The van der Waals surface area contributed by atoms with Crippen molar-refractivity contribution in [2.75, 3.05) is 50.3 Å². The standard InChI is InChI=1S/C38H46N10O8.2C7H10N2O.CH5N/c1-38(2,3)56-37(53)43-26-21-42-46(22-26)12-8-9-15-54-30-20-25(34(39)52)19-28-33(30)48(36(41-5)45-28)14-7-6-13-47-32-27(44-35(47)40-4)17-24(23-49)18-29(32)55-16-10-11-31(50)51;2*1-3-9-7(5-10)4-6(2)8-9;1-2/h6-9,17-23H,10-16H2,1-5H3,(H2,39,52)(H,40,44)(H,41,45)(H,43,53)(H,50,51);2*4-5H,3H2,1-2H3;2H2,1H3/b7-6+,9-8+;;;. The Morgan fingerprint density at radius 3 is 1.74 bits per heavy atom. The van der Waals surface area contributed by atoms with Crippen LogP contribution in [-0.2, 0) is 42.3 Å². The Hall–Kier alpha value is -9.13. The zero-order valence-corrected chi connectivity index (χ0v) is 45.8. The van der Waals surface area contributed by atoms with Gasteiger partial charge in [0.2, 0.25) is 17.8 Å². The van der Waals surface area contributed by atoms with Crippen LogP contribution in [0.15, 0.2) is 73.1 Å². The molecule has 0 saturated heterocycles. The number of benzene rings is 2. The molecule has 0 saturated carbocycles. The fourth-order valence-corrected chi connectivity index (χ4v) is 7.58. The topological polar surface area (TPSA) is 328 Å². The molecule has 78 heavy (non-hydrogen) atoms. The predicted octanol–water partition coefficient (Wildman–Crippen LogP) is 6.68. The second-order valence-corrected chi connectivity index (χ2v) is 17.8. The quantitative estimate of drug-likeness (QED) is 0.0221. The molecule has 25 nitrogen and oxygen atoms in total. The van der Waals surface area contributed by atoms with E-state index in [4.69, 9.17) is 25.1 Å². The van der Waals surface area contributed by atoms with Crippen LogP contribution in [0.5, 0.6) is 11.5 Å². The summed E-state index contributed by atoms with van der Waals surface area (Å²) in [6.07, 6.45) is 12.8. The molecule has 0 aliphatic carbocycles. The summed E-state index contributed by atoms with van der Waals surface area (Å²) in [5.41, 5.74) is 16.1. The largest absolute Gasteiger partial charge is 0.491 e. The van der Waals surface area contributed by atoms with Gasteiger partial charge >= 0.3 is 12.1 Å². The van der Waals surface area contributed by atoms with E-state index in [9.17, 15) is 28.8 Å². The van der Waals surface area contributed by atoms with Gasteiger partial charge in [-0.2, -0.15) is 15.3 Å². The number of carbonyl (C=O) groups excluding carboxylic acids is 5. The molecule has 2 aromatic carbocycles. The van der Waals surface area contributed by atoms with E-state index in [1.807, 2.05) is 61.1 Å². The molecule has 5 aromatic heterocycles. The Labute approximate surface area is 451 Å². The molecule has 25 heteroatoms. The van der Waals surface area contributed by atoms with Crippen LogP contribution >= 0.6 is 0 Å². The highest BCUT2D eigenvalue weighted by atomic mass is 16.6. The van der Waals surface area contributed by atoms with Gasteiger partial charge in [0.1, 0.15) is 52.4 Å². The lowest BCUT2D eigenvalue weighted by Crippen LogP contribution is -2.27. The fourth-order valence-electron chi connectivity index (χ4n) is 7.58. The number of aliphatic carboxylic acids is 1. The maximum atomic E-state index is 12.2. The van der Waals surface area contributed by atoms with Crippen LogP contribution in [0.2, 0.25) is 0 Å². The molecule has 0 spiro atoms. The lowest BCUT2D eigenvalue weighted by molar-refractivity contribution is -0.137. The number of imidazole rings is 2.